The number of benzene rings is 2. The van der Waals surface area contributed by atoms with Gasteiger partial charge in [-0.05, 0) is 80.1 Å². The van der Waals surface area contributed by atoms with Gasteiger partial charge < -0.3 is 9.80 Å². The molecule has 0 bridgehead atoms. The third kappa shape index (κ3) is 6.46. The highest BCUT2D eigenvalue weighted by Gasteiger charge is 2.30. The predicted octanol–water partition coefficient (Wildman–Crippen LogP) is 6.64. The molecule has 0 N–H and O–H groups in total. The Bertz CT molecular complexity index is 908. The molecule has 3 aliphatic rings. The average Bonchev–Trinajstić information content (AvgIpc) is 3.62. The molecule has 0 spiro atoms. The molecule has 172 valence electrons. The topological polar surface area (TPSA) is 23.6 Å². The number of nitrogens with zero attached hydrogens (tertiary/aromatic N) is 2. The van der Waals surface area contributed by atoms with E-state index < -0.39 is 0 Å². The minimum Gasteiger partial charge on any atom is -0.338 e. The van der Waals surface area contributed by atoms with E-state index in [4.69, 9.17) is 23.2 Å². The fourth-order valence-electron chi connectivity index (χ4n) is 4.53. The van der Waals surface area contributed by atoms with E-state index in [0.717, 1.165) is 52.0 Å². The molecular formula is C26H31Cl2FN2O. The fraction of sp³-hybridized carbons (Fsp3) is 0.500. The Morgan fingerprint density at radius 3 is 2.22 bits per heavy atom. The van der Waals surface area contributed by atoms with Gasteiger partial charge in [0.05, 0.1) is 10.0 Å². The van der Waals surface area contributed by atoms with Gasteiger partial charge in [-0.1, -0.05) is 54.6 Å². The van der Waals surface area contributed by atoms with Gasteiger partial charge in [0.1, 0.15) is 5.82 Å². The number of amides is 1. The van der Waals surface area contributed by atoms with Gasteiger partial charge in [-0.2, -0.15) is 0 Å². The van der Waals surface area contributed by atoms with Crippen LogP contribution in [0.1, 0.15) is 60.4 Å². The molecule has 2 aliphatic heterocycles. The number of piperidine rings is 1. The van der Waals surface area contributed by atoms with Crippen LogP contribution in [-0.4, -0.2) is 48.4 Å². The monoisotopic (exact) mass is 476 g/mol. The second-order valence-electron chi connectivity index (χ2n) is 9.22. The maximum atomic E-state index is 13.1. The van der Waals surface area contributed by atoms with Gasteiger partial charge in [-0.3, -0.25) is 4.79 Å². The van der Waals surface area contributed by atoms with Crippen molar-refractivity contribution < 1.29 is 9.18 Å². The normalized spacial score (nSPS) is 21.2. The van der Waals surface area contributed by atoms with Crippen LogP contribution in [-0.2, 0) is 0 Å². The molecule has 3 nitrogen and oxygen atoms in total. The van der Waals surface area contributed by atoms with E-state index in [1.807, 2.05) is 17.0 Å². The van der Waals surface area contributed by atoms with Crippen LogP contribution in [0.5, 0.6) is 0 Å². The van der Waals surface area contributed by atoms with Crippen molar-refractivity contribution in [3.63, 3.8) is 0 Å². The molecule has 2 heterocycles. The smallest absolute Gasteiger partial charge is 0.253 e. The first kappa shape index (κ1) is 23.5. The average molecular weight is 477 g/mol. The van der Waals surface area contributed by atoms with E-state index in [0.29, 0.717) is 27.4 Å². The summed E-state index contributed by atoms with van der Waals surface area (Å²) in [6.45, 7) is 4.71. The van der Waals surface area contributed by atoms with Crippen LogP contribution >= 0.6 is 23.2 Å². The van der Waals surface area contributed by atoms with Crippen LogP contribution in [0.4, 0.5) is 4.39 Å². The number of carbonyl (C=O) groups is 1. The zero-order valence-corrected chi connectivity index (χ0v) is 19.9. The molecule has 1 aliphatic carbocycles. The third-order valence-corrected chi connectivity index (χ3v) is 7.28. The van der Waals surface area contributed by atoms with Gasteiger partial charge in [-0.25, -0.2) is 4.39 Å². The maximum absolute atomic E-state index is 13.1. The van der Waals surface area contributed by atoms with E-state index in [1.165, 1.54) is 24.8 Å². The Morgan fingerprint density at radius 1 is 0.906 bits per heavy atom. The molecule has 1 amide bonds. The van der Waals surface area contributed by atoms with E-state index >= 15 is 0 Å². The first-order chi connectivity index (χ1) is 15.5. The summed E-state index contributed by atoms with van der Waals surface area (Å²) >= 11 is 12.0. The van der Waals surface area contributed by atoms with Gasteiger partial charge in [0.2, 0.25) is 0 Å². The second-order valence-corrected chi connectivity index (χ2v) is 10.0. The van der Waals surface area contributed by atoms with Crippen LogP contribution in [0.25, 0.3) is 0 Å². The molecule has 5 rings (SSSR count). The lowest BCUT2D eigenvalue weighted by molar-refractivity contribution is 0.0782. The lowest BCUT2D eigenvalue weighted by Gasteiger charge is -2.33. The summed E-state index contributed by atoms with van der Waals surface area (Å²) in [5.74, 6) is 0.876. The predicted molar refractivity (Wildman–Crippen MR) is 129 cm³/mol. The van der Waals surface area contributed by atoms with Crippen molar-refractivity contribution in [1.82, 2.24) is 9.80 Å². The highest BCUT2D eigenvalue weighted by atomic mass is 35.5. The third-order valence-electron chi connectivity index (χ3n) is 6.54. The first-order valence-corrected chi connectivity index (χ1v) is 12.5. The quantitative estimate of drug-likeness (QED) is 0.493. The van der Waals surface area contributed by atoms with Crippen molar-refractivity contribution in [3.05, 3.63) is 69.5 Å². The minimum atomic E-state index is -0.174. The summed E-state index contributed by atoms with van der Waals surface area (Å²) in [4.78, 5) is 17.2. The molecule has 2 saturated heterocycles. The first-order valence-electron chi connectivity index (χ1n) is 11.7. The van der Waals surface area contributed by atoms with Gasteiger partial charge in [0, 0.05) is 25.2 Å². The fourth-order valence-corrected chi connectivity index (χ4v) is 4.82. The van der Waals surface area contributed by atoms with Crippen molar-refractivity contribution in [1.29, 1.82) is 0 Å². The van der Waals surface area contributed by atoms with E-state index in [1.54, 1.807) is 30.3 Å². The summed E-state index contributed by atoms with van der Waals surface area (Å²) < 4.78 is 13.1. The highest BCUT2D eigenvalue weighted by Crippen LogP contribution is 2.30. The Morgan fingerprint density at radius 2 is 1.59 bits per heavy atom. The number of rotatable bonds is 4. The SMILES string of the molecule is C1CC1.O=C(c1ccc(Cl)c(Cl)c1)N1CCC(CN2CCC(c3ccc(F)cc3)CC2)C1. The number of likely N-dealkylation sites (tertiary alicyclic amines) is 2. The maximum Gasteiger partial charge on any atom is 0.253 e. The molecule has 0 radical (unpaired) electrons. The van der Waals surface area contributed by atoms with E-state index in [9.17, 15) is 9.18 Å². The van der Waals surface area contributed by atoms with Crippen LogP contribution in [0, 0.1) is 11.7 Å². The molecule has 1 unspecified atom stereocenters. The van der Waals surface area contributed by atoms with E-state index in [-0.39, 0.29) is 11.7 Å². The standard InChI is InChI=1S/C23H25Cl2FN2O.C3H6/c24-21-6-3-19(13-22(21)25)23(29)28-12-7-16(15-28)14-27-10-8-18(9-11-27)17-1-4-20(26)5-2-17;1-2-3-1/h1-6,13,16,18H,7-12,14-15H2;1-3H2. The lowest BCUT2D eigenvalue weighted by atomic mass is 9.89. The molecule has 2 aromatic rings. The number of halogens is 3. The largest absolute Gasteiger partial charge is 0.338 e. The second kappa shape index (κ2) is 11.0. The summed E-state index contributed by atoms with van der Waals surface area (Å²) in [5, 5.41) is 0.879. The van der Waals surface area contributed by atoms with Crippen molar-refractivity contribution >= 4 is 29.1 Å². The van der Waals surface area contributed by atoms with Crippen molar-refractivity contribution in [2.45, 2.75) is 44.4 Å². The lowest BCUT2D eigenvalue weighted by Crippen LogP contribution is -2.37. The Labute approximate surface area is 200 Å². The number of hydrogen-bond acceptors (Lipinski definition) is 2. The summed E-state index contributed by atoms with van der Waals surface area (Å²) in [6, 6.07) is 12.0. The van der Waals surface area contributed by atoms with Gasteiger partial charge in [-0.15, -0.1) is 0 Å². The Balaban J connectivity index is 0.000000754. The molecule has 1 saturated carbocycles. The zero-order valence-electron chi connectivity index (χ0n) is 18.4. The molecule has 2 aromatic carbocycles. The zero-order chi connectivity index (χ0) is 22.5. The molecular weight excluding hydrogens is 446 g/mol. The number of carbonyl (C=O) groups excluding carboxylic acids is 1. The number of hydrogen-bond donors (Lipinski definition) is 0. The molecule has 3 fully saturated rings. The Kier molecular flexibility index (Phi) is 8.09. The van der Waals surface area contributed by atoms with Gasteiger partial charge in [0.15, 0.2) is 0 Å². The van der Waals surface area contributed by atoms with Crippen molar-refractivity contribution in [3.8, 4) is 0 Å². The van der Waals surface area contributed by atoms with Crippen LogP contribution in [0.15, 0.2) is 42.5 Å². The summed E-state index contributed by atoms with van der Waals surface area (Å²) in [5.41, 5.74) is 1.84. The Hall–Kier alpha value is -1.62. The van der Waals surface area contributed by atoms with Crippen molar-refractivity contribution in [2.24, 2.45) is 5.92 Å². The van der Waals surface area contributed by atoms with Crippen molar-refractivity contribution in [2.75, 3.05) is 32.7 Å². The molecule has 0 aromatic heterocycles. The van der Waals surface area contributed by atoms with Gasteiger partial charge >= 0.3 is 0 Å². The molecule has 32 heavy (non-hydrogen) atoms. The van der Waals surface area contributed by atoms with Crippen LogP contribution in [0.3, 0.4) is 0 Å². The van der Waals surface area contributed by atoms with Crippen LogP contribution < -0.4 is 0 Å². The summed E-state index contributed by atoms with van der Waals surface area (Å²) in [7, 11) is 0. The summed E-state index contributed by atoms with van der Waals surface area (Å²) in [6.07, 6.45) is 7.74. The molecule has 1 atom stereocenters. The van der Waals surface area contributed by atoms with Crippen LogP contribution in [0.2, 0.25) is 10.0 Å². The molecule has 6 heteroatoms. The minimum absolute atomic E-state index is 0.0288. The van der Waals surface area contributed by atoms with Gasteiger partial charge in [0.25, 0.3) is 5.91 Å². The van der Waals surface area contributed by atoms with E-state index in [2.05, 4.69) is 4.90 Å². The highest BCUT2D eigenvalue weighted by molar-refractivity contribution is 6.42.